The first-order valence-corrected chi connectivity index (χ1v) is 9.87. The van der Waals surface area contributed by atoms with E-state index in [4.69, 9.17) is 16.3 Å². The van der Waals surface area contributed by atoms with Gasteiger partial charge in [0.05, 0.1) is 11.1 Å². The van der Waals surface area contributed by atoms with E-state index in [1.54, 1.807) is 0 Å². The molecular weight excluding hydrogens is 374 g/mol. The number of ether oxygens (including phenoxy) is 1. The Morgan fingerprint density at radius 3 is 2.54 bits per heavy atom. The Morgan fingerprint density at radius 1 is 1.18 bits per heavy atom. The molecule has 0 fully saturated rings. The first kappa shape index (κ1) is 18.6. The van der Waals surface area contributed by atoms with Gasteiger partial charge in [-0.05, 0) is 79.6 Å². The van der Waals surface area contributed by atoms with Crippen LogP contribution in [0.15, 0.2) is 42.5 Å². The SMILES string of the molecule is CC(C)Oc1ccc(-c2cc(C3=CCCC3)cc3[nH]c(C(=O)O)c(Cl)c23)cc1. The summed E-state index contributed by atoms with van der Waals surface area (Å²) in [4.78, 5) is 14.6. The summed E-state index contributed by atoms with van der Waals surface area (Å²) in [7, 11) is 0. The van der Waals surface area contributed by atoms with Gasteiger partial charge < -0.3 is 14.8 Å². The fourth-order valence-corrected chi connectivity index (χ4v) is 4.10. The molecule has 0 amide bonds. The third kappa shape index (κ3) is 3.40. The third-order valence-corrected chi connectivity index (χ3v) is 5.38. The van der Waals surface area contributed by atoms with Crippen molar-refractivity contribution < 1.29 is 14.6 Å². The number of allylic oxidation sites excluding steroid dienone is 2. The average molecular weight is 396 g/mol. The van der Waals surface area contributed by atoms with Crippen molar-refractivity contribution in [3.8, 4) is 16.9 Å². The van der Waals surface area contributed by atoms with Crippen LogP contribution >= 0.6 is 11.6 Å². The number of carboxylic acids is 1. The van der Waals surface area contributed by atoms with Gasteiger partial charge in [0.1, 0.15) is 11.4 Å². The van der Waals surface area contributed by atoms with Gasteiger partial charge in [-0.2, -0.15) is 0 Å². The first-order valence-electron chi connectivity index (χ1n) is 9.49. The number of carbonyl (C=O) groups is 1. The van der Waals surface area contributed by atoms with Crippen LogP contribution in [0.25, 0.3) is 27.6 Å². The lowest BCUT2D eigenvalue weighted by atomic mass is 9.95. The Bertz CT molecular complexity index is 1080. The molecule has 0 atom stereocenters. The van der Waals surface area contributed by atoms with Crippen molar-refractivity contribution in [1.29, 1.82) is 0 Å². The molecule has 0 saturated carbocycles. The van der Waals surface area contributed by atoms with Crippen LogP contribution in [-0.4, -0.2) is 22.2 Å². The lowest BCUT2D eigenvalue weighted by Gasteiger charge is -2.12. The number of aromatic amines is 1. The number of aromatic carboxylic acids is 1. The number of halogens is 1. The van der Waals surface area contributed by atoms with Gasteiger partial charge in [0.2, 0.25) is 0 Å². The predicted molar refractivity (Wildman–Crippen MR) is 113 cm³/mol. The largest absolute Gasteiger partial charge is 0.491 e. The van der Waals surface area contributed by atoms with Gasteiger partial charge in [0.15, 0.2) is 0 Å². The molecular formula is C23H22ClNO3. The standard InChI is InChI=1S/C23H22ClNO3/c1-13(2)28-17-9-7-15(8-10-17)18-11-16(14-5-3-4-6-14)12-19-20(18)21(24)22(25-19)23(26)27/h5,7-13,25H,3-4,6H2,1-2H3,(H,26,27). The van der Waals surface area contributed by atoms with Gasteiger partial charge >= 0.3 is 5.97 Å². The average Bonchev–Trinajstić information content (AvgIpc) is 3.30. The van der Waals surface area contributed by atoms with Crippen molar-refractivity contribution in [3.05, 3.63) is 58.8 Å². The predicted octanol–water partition coefficient (Wildman–Crippen LogP) is 6.54. The Kier molecular flexibility index (Phi) is 4.90. The maximum Gasteiger partial charge on any atom is 0.353 e. The van der Waals surface area contributed by atoms with Gasteiger partial charge in [0, 0.05) is 10.9 Å². The van der Waals surface area contributed by atoms with E-state index < -0.39 is 5.97 Å². The fourth-order valence-electron chi connectivity index (χ4n) is 3.77. The Balaban J connectivity index is 1.90. The van der Waals surface area contributed by atoms with Crippen LogP contribution in [0.4, 0.5) is 0 Å². The number of hydrogen-bond donors (Lipinski definition) is 2. The van der Waals surface area contributed by atoms with Crippen molar-refractivity contribution >= 4 is 34.0 Å². The summed E-state index contributed by atoms with van der Waals surface area (Å²) in [6.07, 6.45) is 5.62. The molecule has 0 saturated heterocycles. The first-order chi connectivity index (χ1) is 13.4. The quantitative estimate of drug-likeness (QED) is 0.515. The van der Waals surface area contributed by atoms with Gasteiger partial charge in [-0.3, -0.25) is 0 Å². The molecule has 2 aromatic carbocycles. The van der Waals surface area contributed by atoms with Crippen LogP contribution in [0.1, 0.15) is 49.2 Å². The highest BCUT2D eigenvalue weighted by atomic mass is 35.5. The zero-order valence-electron chi connectivity index (χ0n) is 15.9. The molecule has 1 aliphatic rings. The molecule has 1 aliphatic carbocycles. The molecule has 0 bridgehead atoms. The van der Waals surface area contributed by atoms with Crippen molar-refractivity contribution in [2.45, 2.75) is 39.2 Å². The van der Waals surface area contributed by atoms with Crippen molar-refractivity contribution in [1.82, 2.24) is 4.98 Å². The number of benzene rings is 2. The molecule has 144 valence electrons. The van der Waals surface area contributed by atoms with Crippen molar-refractivity contribution in [3.63, 3.8) is 0 Å². The number of H-pyrrole nitrogens is 1. The minimum Gasteiger partial charge on any atom is -0.491 e. The second kappa shape index (κ2) is 7.36. The number of rotatable bonds is 5. The van der Waals surface area contributed by atoms with Crippen LogP contribution in [0, 0.1) is 0 Å². The Morgan fingerprint density at radius 2 is 1.93 bits per heavy atom. The van der Waals surface area contributed by atoms with E-state index >= 15 is 0 Å². The Labute approximate surface area is 168 Å². The third-order valence-electron chi connectivity index (χ3n) is 5.00. The minimum absolute atomic E-state index is 0.0234. The van der Waals surface area contributed by atoms with E-state index in [-0.39, 0.29) is 16.8 Å². The molecule has 0 aliphatic heterocycles. The molecule has 0 unspecified atom stereocenters. The van der Waals surface area contributed by atoms with Crippen LogP contribution < -0.4 is 4.74 Å². The van der Waals surface area contributed by atoms with Crippen LogP contribution in [-0.2, 0) is 0 Å². The summed E-state index contributed by atoms with van der Waals surface area (Å²) in [5.41, 5.74) is 5.06. The monoisotopic (exact) mass is 395 g/mol. The summed E-state index contributed by atoms with van der Waals surface area (Å²) in [5, 5.41) is 10.5. The number of fused-ring (bicyclic) bond motifs is 1. The molecule has 1 aromatic heterocycles. The molecule has 0 spiro atoms. The highest BCUT2D eigenvalue weighted by Crippen LogP contribution is 2.40. The van der Waals surface area contributed by atoms with Gasteiger partial charge in [0.25, 0.3) is 0 Å². The lowest BCUT2D eigenvalue weighted by Crippen LogP contribution is -2.05. The number of aromatic nitrogens is 1. The smallest absolute Gasteiger partial charge is 0.353 e. The number of hydrogen-bond acceptors (Lipinski definition) is 2. The topological polar surface area (TPSA) is 62.3 Å². The highest BCUT2D eigenvalue weighted by Gasteiger charge is 2.21. The molecule has 2 N–H and O–H groups in total. The van der Waals surface area contributed by atoms with E-state index in [2.05, 4.69) is 17.1 Å². The minimum atomic E-state index is -1.06. The van der Waals surface area contributed by atoms with Gasteiger partial charge in [-0.15, -0.1) is 0 Å². The summed E-state index contributed by atoms with van der Waals surface area (Å²) in [6, 6.07) is 12.0. The maximum atomic E-state index is 11.6. The van der Waals surface area contributed by atoms with Crippen molar-refractivity contribution in [2.24, 2.45) is 0 Å². The molecule has 0 radical (unpaired) electrons. The number of nitrogens with one attached hydrogen (secondary N) is 1. The van der Waals surface area contributed by atoms with E-state index in [1.807, 2.05) is 44.2 Å². The molecule has 28 heavy (non-hydrogen) atoms. The van der Waals surface area contributed by atoms with E-state index in [0.29, 0.717) is 0 Å². The summed E-state index contributed by atoms with van der Waals surface area (Å²) >= 11 is 6.47. The zero-order valence-corrected chi connectivity index (χ0v) is 16.6. The zero-order chi connectivity index (χ0) is 19.8. The lowest BCUT2D eigenvalue weighted by molar-refractivity contribution is 0.0691. The summed E-state index contributed by atoms with van der Waals surface area (Å²) in [6.45, 7) is 3.98. The maximum absolute atomic E-state index is 11.6. The molecule has 5 heteroatoms. The van der Waals surface area contributed by atoms with E-state index in [9.17, 15) is 9.90 Å². The van der Waals surface area contributed by atoms with Crippen LogP contribution in [0.3, 0.4) is 0 Å². The van der Waals surface area contributed by atoms with E-state index in [1.165, 1.54) is 5.57 Å². The fraction of sp³-hybridized carbons (Fsp3) is 0.261. The molecule has 4 nitrogen and oxygen atoms in total. The van der Waals surface area contributed by atoms with Crippen LogP contribution in [0.5, 0.6) is 5.75 Å². The van der Waals surface area contributed by atoms with E-state index in [0.717, 1.165) is 52.6 Å². The molecule has 1 heterocycles. The summed E-state index contributed by atoms with van der Waals surface area (Å²) in [5.74, 6) is -0.259. The van der Waals surface area contributed by atoms with Gasteiger partial charge in [-0.1, -0.05) is 29.8 Å². The summed E-state index contributed by atoms with van der Waals surface area (Å²) < 4.78 is 5.74. The molecule has 4 rings (SSSR count). The number of carboxylic acid groups (broad SMARTS) is 1. The second-order valence-corrected chi connectivity index (χ2v) is 7.76. The normalized spacial score (nSPS) is 13.9. The Hall–Kier alpha value is -2.72. The second-order valence-electron chi connectivity index (χ2n) is 7.38. The van der Waals surface area contributed by atoms with Crippen LogP contribution in [0.2, 0.25) is 5.02 Å². The van der Waals surface area contributed by atoms with Crippen molar-refractivity contribution in [2.75, 3.05) is 0 Å². The van der Waals surface area contributed by atoms with Gasteiger partial charge in [-0.25, -0.2) is 4.79 Å². The molecule has 3 aromatic rings. The highest BCUT2D eigenvalue weighted by molar-refractivity contribution is 6.39.